The summed E-state index contributed by atoms with van der Waals surface area (Å²) in [5.41, 5.74) is 0.629. The predicted octanol–water partition coefficient (Wildman–Crippen LogP) is 1.86. The molecule has 0 saturated carbocycles. The van der Waals surface area contributed by atoms with Crippen molar-refractivity contribution in [3.63, 3.8) is 0 Å². The van der Waals surface area contributed by atoms with Gasteiger partial charge in [0.1, 0.15) is 6.54 Å². The van der Waals surface area contributed by atoms with E-state index in [9.17, 15) is 14.4 Å². The number of amides is 2. The quantitative estimate of drug-likeness (QED) is 0.858. The number of methoxy groups -OCH3 is 2. The topological polar surface area (TPSA) is 84.9 Å². The van der Waals surface area contributed by atoms with Gasteiger partial charge in [-0.1, -0.05) is 13.3 Å². The second kappa shape index (κ2) is 7.33. The molecule has 24 heavy (non-hydrogen) atoms. The largest absolute Gasteiger partial charge is 0.493 e. The van der Waals surface area contributed by atoms with E-state index in [0.29, 0.717) is 23.6 Å². The van der Waals surface area contributed by atoms with Crippen LogP contribution in [0, 0.1) is 0 Å². The minimum atomic E-state index is -0.618. The minimum absolute atomic E-state index is 0.137. The van der Waals surface area contributed by atoms with E-state index in [1.165, 1.54) is 32.1 Å². The highest BCUT2D eigenvalue weighted by molar-refractivity contribution is 6.10. The number of fused-ring (bicyclic) bond motifs is 1. The van der Waals surface area contributed by atoms with Crippen LogP contribution in [0.5, 0.6) is 11.5 Å². The summed E-state index contributed by atoms with van der Waals surface area (Å²) in [6.45, 7) is 3.20. The van der Waals surface area contributed by atoms with Gasteiger partial charge in [-0.25, -0.2) is 0 Å². The fourth-order valence-electron chi connectivity index (χ4n) is 2.83. The van der Waals surface area contributed by atoms with Gasteiger partial charge < -0.3 is 19.7 Å². The van der Waals surface area contributed by atoms with Gasteiger partial charge in [0.15, 0.2) is 17.3 Å². The normalized spacial score (nSPS) is 15.2. The van der Waals surface area contributed by atoms with Crippen molar-refractivity contribution < 1.29 is 23.9 Å². The lowest BCUT2D eigenvalue weighted by atomic mass is 10.0. The Labute approximate surface area is 140 Å². The monoisotopic (exact) mass is 334 g/mol. The molecule has 2 amide bonds. The minimum Gasteiger partial charge on any atom is -0.493 e. The Kier molecular flexibility index (Phi) is 5.43. The number of nitrogens with one attached hydrogen (secondary N) is 1. The van der Waals surface area contributed by atoms with Gasteiger partial charge in [-0.2, -0.15) is 0 Å². The van der Waals surface area contributed by atoms with Crippen molar-refractivity contribution >= 4 is 23.3 Å². The zero-order valence-corrected chi connectivity index (χ0v) is 14.3. The molecule has 0 saturated heterocycles. The molecule has 0 fully saturated rings. The second-order valence-corrected chi connectivity index (χ2v) is 5.65. The highest BCUT2D eigenvalue weighted by Crippen LogP contribution is 2.35. The Morgan fingerprint density at radius 1 is 1.25 bits per heavy atom. The highest BCUT2D eigenvalue weighted by atomic mass is 16.5. The number of benzene rings is 1. The van der Waals surface area contributed by atoms with Crippen LogP contribution in [0.3, 0.4) is 0 Å². The fraction of sp³-hybridized carbons (Fsp3) is 0.471. The number of nitrogens with zero attached hydrogens (tertiary/aromatic N) is 1. The number of anilines is 1. The lowest BCUT2D eigenvalue weighted by Gasteiger charge is -2.28. The molecule has 1 heterocycles. The fourth-order valence-corrected chi connectivity index (χ4v) is 2.83. The molecular formula is C17H22N2O5. The van der Waals surface area contributed by atoms with Crippen LogP contribution in [0.2, 0.25) is 0 Å². The van der Waals surface area contributed by atoms with Gasteiger partial charge in [-0.3, -0.25) is 14.4 Å². The molecule has 1 aliphatic rings. The summed E-state index contributed by atoms with van der Waals surface area (Å²) in [6, 6.07) is 2.46. The lowest BCUT2D eigenvalue weighted by Crippen LogP contribution is -2.46. The Morgan fingerprint density at radius 3 is 2.42 bits per heavy atom. The summed E-state index contributed by atoms with van der Waals surface area (Å²) in [4.78, 5) is 38.4. The van der Waals surface area contributed by atoms with Crippen LogP contribution in [0.1, 0.15) is 37.0 Å². The first-order chi connectivity index (χ1) is 11.4. The maximum Gasteiger partial charge on any atom is 0.257 e. The molecule has 130 valence electrons. The lowest BCUT2D eigenvalue weighted by molar-refractivity contribution is -0.123. The van der Waals surface area contributed by atoms with Crippen LogP contribution in [0.25, 0.3) is 0 Å². The van der Waals surface area contributed by atoms with Crippen molar-refractivity contribution in [2.24, 2.45) is 0 Å². The molecule has 0 bridgehead atoms. The Bertz CT molecular complexity index is 671. The van der Waals surface area contributed by atoms with Gasteiger partial charge in [0.2, 0.25) is 5.91 Å². The van der Waals surface area contributed by atoms with Crippen LogP contribution in [0.15, 0.2) is 12.1 Å². The third kappa shape index (κ3) is 3.34. The van der Waals surface area contributed by atoms with Gasteiger partial charge in [0, 0.05) is 6.07 Å². The van der Waals surface area contributed by atoms with Crippen LogP contribution in [-0.4, -0.2) is 49.3 Å². The average Bonchev–Trinajstić information content (AvgIpc) is 2.67. The number of Topliss-reactive ketones (excluding diaryl/α,β-unsaturated/α-hetero) is 1. The molecule has 7 nitrogen and oxygen atoms in total. The number of ketones is 1. The Balaban J connectivity index is 2.53. The van der Waals surface area contributed by atoms with E-state index in [1.54, 1.807) is 6.07 Å². The predicted molar refractivity (Wildman–Crippen MR) is 88.6 cm³/mol. The van der Waals surface area contributed by atoms with Crippen molar-refractivity contribution in [3.8, 4) is 11.5 Å². The van der Waals surface area contributed by atoms with Gasteiger partial charge in [0.05, 0.1) is 31.5 Å². The molecule has 1 atom stereocenters. The van der Waals surface area contributed by atoms with Crippen LogP contribution >= 0.6 is 0 Å². The van der Waals surface area contributed by atoms with E-state index in [-0.39, 0.29) is 29.7 Å². The molecule has 1 aromatic carbocycles. The summed E-state index contributed by atoms with van der Waals surface area (Å²) in [6.07, 6.45) is 1.24. The van der Waals surface area contributed by atoms with E-state index in [2.05, 4.69) is 5.32 Å². The van der Waals surface area contributed by atoms with Crippen LogP contribution in [0.4, 0.5) is 5.69 Å². The highest BCUT2D eigenvalue weighted by Gasteiger charge is 2.34. The van der Waals surface area contributed by atoms with Crippen LogP contribution in [-0.2, 0) is 9.59 Å². The standard InChI is InChI=1S/C17H22N2O5/c1-5-6-13(10(2)20)19-9-16(21)18-12-8-15(24-4)14(23-3)7-11(12)17(19)22/h7-8,13H,5-6,9H2,1-4H3,(H,18,21). The summed E-state index contributed by atoms with van der Waals surface area (Å²) < 4.78 is 10.4. The summed E-state index contributed by atoms with van der Waals surface area (Å²) >= 11 is 0. The number of carbonyl (C=O) groups is 3. The van der Waals surface area contributed by atoms with Crippen molar-refractivity contribution in [3.05, 3.63) is 17.7 Å². The molecule has 1 aliphatic heterocycles. The van der Waals surface area contributed by atoms with Crippen molar-refractivity contribution in [2.45, 2.75) is 32.7 Å². The molecule has 7 heteroatoms. The molecule has 1 unspecified atom stereocenters. The SMILES string of the molecule is CCCC(C(C)=O)N1CC(=O)Nc2cc(OC)c(OC)cc2C1=O. The Morgan fingerprint density at radius 2 is 1.88 bits per heavy atom. The second-order valence-electron chi connectivity index (χ2n) is 5.65. The third-order valence-electron chi connectivity index (χ3n) is 4.01. The zero-order valence-electron chi connectivity index (χ0n) is 14.3. The summed E-state index contributed by atoms with van der Waals surface area (Å²) in [5.74, 6) is -0.0680. The summed E-state index contributed by atoms with van der Waals surface area (Å²) in [5, 5.41) is 2.70. The van der Waals surface area contributed by atoms with E-state index >= 15 is 0 Å². The first-order valence-electron chi connectivity index (χ1n) is 7.80. The van der Waals surface area contributed by atoms with E-state index in [4.69, 9.17) is 9.47 Å². The van der Waals surface area contributed by atoms with E-state index in [1.807, 2.05) is 6.92 Å². The van der Waals surface area contributed by atoms with E-state index in [0.717, 1.165) is 6.42 Å². The van der Waals surface area contributed by atoms with E-state index < -0.39 is 6.04 Å². The van der Waals surface area contributed by atoms with Crippen molar-refractivity contribution in [2.75, 3.05) is 26.1 Å². The smallest absolute Gasteiger partial charge is 0.257 e. The molecule has 0 spiro atoms. The first-order valence-corrected chi connectivity index (χ1v) is 7.80. The van der Waals surface area contributed by atoms with Crippen LogP contribution < -0.4 is 14.8 Å². The number of rotatable bonds is 6. The number of ether oxygens (including phenoxy) is 2. The maximum atomic E-state index is 13.0. The third-order valence-corrected chi connectivity index (χ3v) is 4.01. The van der Waals surface area contributed by atoms with Gasteiger partial charge in [-0.15, -0.1) is 0 Å². The average molecular weight is 334 g/mol. The molecule has 0 aromatic heterocycles. The number of hydrogen-bond donors (Lipinski definition) is 1. The number of hydrogen-bond acceptors (Lipinski definition) is 5. The van der Waals surface area contributed by atoms with Crippen molar-refractivity contribution in [1.82, 2.24) is 4.90 Å². The van der Waals surface area contributed by atoms with Gasteiger partial charge >= 0.3 is 0 Å². The van der Waals surface area contributed by atoms with Gasteiger partial charge in [0.25, 0.3) is 5.91 Å². The maximum absolute atomic E-state index is 13.0. The molecule has 2 rings (SSSR count). The van der Waals surface area contributed by atoms with Crippen molar-refractivity contribution in [1.29, 1.82) is 0 Å². The molecule has 0 aliphatic carbocycles. The summed E-state index contributed by atoms with van der Waals surface area (Å²) in [7, 11) is 2.95. The zero-order chi connectivity index (χ0) is 17.9. The van der Waals surface area contributed by atoms with Gasteiger partial charge in [-0.05, 0) is 19.4 Å². The molecule has 1 N–H and O–H groups in total. The molecule has 1 aromatic rings. The number of carbonyl (C=O) groups excluding carboxylic acids is 3. The Hall–Kier alpha value is -2.57. The first kappa shape index (κ1) is 17.8. The molecular weight excluding hydrogens is 312 g/mol. The molecule has 0 radical (unpaired) electrons.